The van der Waals surface area contributed by atoms with Crippen LogP contribution in [0.4, 0.5) is 5.69 Å². The second-order valence-electron chi connectivity index (χ2n) is 6.00. The van der Waals surface area contributed by atoms with Gasteiger partial charge in [0.05, 0.1) is 0 Å². The zero-order valence-corrected chi connectivity index (χ0v) is 12.4. The van der Waals surface area contributed by atoms with E-state index in [0.717, 1.165) is 36.1 Å². The summed E-state index contributed by atoms with van der Waals surface area (Å²) in [6.07, 6.45) is 2.18. The Hall–Kier alpha value is -1.51. The van der Waals surface area contributed by atoms with Gasteiger partial charge in [0.25, 0.3) is 5.91 Å². The van der Waals surface area contributed by atoms with Crippen LogP contribution < -0.4 is 5.73 Å². The Morgan fingerprint density at radius 1 is 1.26 bits per heavy atom. The van der Waals surface area contributed by atoms with Crippen molar-refractivity contribution in [3.8, 4) is 0 Å². The number of carbonyl (C=O) groups excluding carboxylic acids is 1. The molecule has 1 aromatic rings. The number of nitrogen functional groups attached to an aromatic ring is 1. The van der Waals surface area contributed by atoms with E-state index in [1.54, 1.807) is 0 Å². The minimum Gasteiger partial charge on any atom is -0.398 e. The Bertz CT molecular complexity index is 496. The summed E-state index contributed by atoms with van der Waals surface area (Å²) in [5, 5.41) is 0. The lowest BCUT2D eigenvalue weighted by atomic mass is 9.92. The molecule has 2 atom stereocenters. The molecule has 1 heterocycles. The second-order valence-corrected chi connectivity index (χ2v) is 6.00. The van der Waals surface area contributed by atoms with E-state index in [4.69, 9.17) is 5.73 Å². The number of carbonyl (C=O) groups is 1. The lowest BCUT2D eigenvalue weighted by Gasteiger charge is -2.37. The van der Waals surface area contributed by atoms with Gasteiger partial charge in [0.1, 0.15) is 0 Å². The molecule has 0 spiro atoms. The van der Waals surface area contributed by atoms with Crippen molar-refractivity contribution in [2.24, 2.45) is 5.92 Å². The number of nitrogens with zero attached hydrogens (tertiary/aromatic N) is 1. The molecule has 2 N–H and O–H groups in total. The van der Waals surface area contributed by atoms with Gasteiger partial charge in [0.2, 0.25) is 0 Å². The Labute approximate surface area is 115 Å². The second kappa shape index (κ2) is 5.24. The molecule has 0 radical (unpaired) electrons. The van der Waals surface area contributed by atoms with E-state index in [2.05, 4.69) is 13.8 Å². The van der Waals surface area contributed by atoms with E-state index in [0.29, 0.717) is 17.6 Å². The number of hydrogen-bond donors (Lipinski definition) is 1. The molecule has 0 aromatic heterocycles. The average molecular weight is 260 g/mol. The highest BCUT2D eigenvalue weighted by Crippen LogP contribution is 2.26. The molecule has 2 unspecified atom stereocenters. The van der Waals surface area contributed by atoms with E-state index in [-0.39, 0.29) is 5.91 Å². The van der Waals surface area contributed by atoms with E-state index in [1.807, 2.05) is 30.9 Å². The number of anilines is 1. The van der Waals surface area contributed by atoms with Crippen LogP contribution in [0.15, 0.2) is 12.1 Å². The SMILES string of the molecule is Cc1cc(C)c(C(=O)N2CCC(C)CC2C)cc1N. The first-order valence-electron chi connectivity index (χ1n) is 7.07. The van der Waals surface area contributed by atoms with Gasteiger partial charge in [0, 0.05) is 23.8 Å². The lowest BCUT2D eigenvalue weighted by Crippen LogP contribution is -2.44. The molecule has 3 heteroatoms. The maximum absolute atomic E-state index is 12.7. The molecular weight excluding hydrogens is 236 g/mol. The molecule has 2 rings (SSSR count). The van der Waals surface area contributed by atoms with Gasteiger partial charge in [-0.25, -0.2) is 0 Å². The summed E-state index contributed by atoms with van der Waals surface area (Å²) in [4.78, 5) is 14.7. The Balaban J connectivity index is 2.27. The predicted molar refractivity (Wildman–Crippen MR) is 79.2 cm³/mol. The smallest absolute Gasteiger partial charge is 0.254 e. The van der Waals surface area contributed by atoms with Crippen LogP contribution in [0.2, 0.25) is 0 Å². The summed E-state index contributed by atoms with van der Waals surface area (Å²) in [6, 6.07) is 4.15. The number of nitrogens with two attached hydrogens (primary N) is 1. The summed E-state index contributed by atoms with van der Waals surface area (Å²) in [5.74, 6) is 0.840. The molecular formula is C16H24N2O. The average Bonchev–Trinajstić information content (AvgIpc) is 2.33. The number of benzene rings is 1. The van der Waals surface area contributed by atoms with Crippen LogP contribution in [0.25, 0.3) is 0 Å². The standard InChI is InChI=1S/C16H24N2O/c1-10-5-6-18(13(4)7-10)16(19)14-9-15(17)12(3)8-11(14)2/h8-10,13H,5-7,17H2,1-4H3. The Morgan fingerprint density at radius 2 is 1.95 bits per heavy atom. The summed E-state index contributed by atoms with van der Waals surface area (Å²) in [5.41, 5.74) is 9.45. The van der Waals surface area contributed by atoms with Gasteiger partial charge in [-0.3, -0.25) is 4.79 Å². The van der Waals surface area contributed by atoms with Crippen molar-refractivity contribution in [3.05, 3.63) is 28.8 Å². The van der Waals surface area contributed by atoms with E-state index in [9.17, 15) is 4.79 Å². The fraction of sp³-hybridized carbons (Fsp3) is 0.562. The van der Waals surface area contributed by atoms with Crippen molar-refractivity contribution < 1.29 is 4.79 Å². The van der Waals surface area contributed by atoms with Gasteiger partial charge >= 0.3 is 0 Å². The molecule has 0 aliphatic carbocycles. The van der Waals surface area contributed by atoms with Crippen molar-refractivity contribution in [1.29, 1.82) is 0 Å². The summed E-state index contributed by atoms with van der Waals surface area (Å²) in [6.45, 7) is 9.21. The van der Waals surface area contributed by atoms with Crippen LogP contribution >= 0.6 is 0 Å². The molecule has 1 fully saturated rings. The summed E-state index contributed by atoms with van der Waals surface area (Å²) < 4.78 is 0. The zero-order chi connectivity index (χ0) is 14.2. The monoisotopic (exact) mass is 260 g/mol. The van der Waals surface area contributed by atoms with Gasteiger partial charge < -0.3 is 10.6 Å². The largest absolute Gasteiger partial charge is 0.398 e. The van der Waals surface area contributed by atoms with Crippen LogP contribution in [-0.2, 0) is 0 Å². The van der Waals surface area contributed by atoms with Crippen LogP contribution in [-0.4, -0.2) is 23.4 Å². The topological polar surface area (TPSA) is 46.3 Å². The van der Waals surface area contributed by atoms with Crippen LogP contribution in [0.1, 0.15) is 48.2 Å². The molecule has 1 amide bonds. The molecule has 104 valence electrons. The molecule has 0 bridgehead atoms. The fourth-order valence-corrected chi connectivity index (χ4v) is 2.96. The van der Waals surface area contributed by atoms with E-state index < -0.39 is 0 Å². The summed E-state index contributed by atoms with van der Waals surface area (Å²) in [7, 11) is 0. The minimum absolute atomic E-state index is 0.128. The van der Waals surface area contributed by atoms with Crippen molar-refractivity contribution >= 4 is 11.6 Å². The first-order chi connectivity index (χ1) is 8.90. The lowest BCUT2D eigenvalue weighted by molar-refractivity contribution is 0.0588. The molecule has 0 saturated carbocycles. The van der Waals surface area contributed by atoms with Crippen molar-refractivity contribution in [2.75, 3.05) is 12.3 Å². The summed E-state index contributed by atoms with van der Waals surface area (Å²) >= 11 is 0. The first kappa shape index (κ1) is 13.9. The quantitative estimate of drug-likeness (QED) is 0.788. The highest BCUT2D eigenvalue weighted by Gasteiger charge is 2.28. The highest BCUT2D eigenvalue weighted by atomic mass is 16.2. The highest BCUT2D eigenvalue weighted by molar-refractivity contribution is 5.97. The van der Waals surface area contributed by atoms with Gasteiger partial charge in [-0.15, -0.1) is 0 Å². The Kier molecular flexibility index (Phi) is 3.83. The third-order valence-corrected chi connectivity index (χ3v) is 4.24. The van der Waals surface area contributed by atoms with E-state index >= 15 is 0 Å². The molecule has 1 aliphatic rings. The van der Waals surface area contributed by atoms with E-state index in [1.165, 1.54) is 0 Å². The van der Waals surface area contributed by atoms with Gasteiger partial charge in [0.15, 0.2) is 0 Å². The number of aryl methyl sites for hydroxylation is 2. The maximum atomic E-state index is 12.7. The van der Waals surface area contributed by atoms with Crippen LogP contribution in [0.5, 0.6) is 0 Å². The number of piperidine rings is 1. The maximum Gasteiger partial charge on any atom is 0.254 e. The number of hydrogen-bond acceptors (Lipinski definition) is 2. The minimum atomic E-state index is 0.128. The first-order valence-corrected chi connectivity index (χ1v) is 7.07. The number of likely N-dealkylation sites (tertiary alicyclic amines) is 1. The van der Waals surface area contributed by atoms with Crippen LogP contribution in [0, 0.1) is 19.8 Å². The molecule has 1 aromatic carbocycles. The molecule has 1 aliphatic heterocycles. The molecule has 3 nitrogen and oxygen atoms in total. The zero-order valence-electron chi connectivity index (χ0n) is 12.4. The number of amides is 1. The van der Waals surface area contributed by atoms with Gasteiger partial charge in [-0.2, -0.15) is 0 Å². The number of rotatable bonds is 1. The third-order valence-electron chi connectivity index (χ3n) is 4.24. The fourth-order valence-electron chi connectivity index (χ4n) is 2.96. The van der Waals surface area contributed by atoms with Crippen molar-refractivity contribution in [1.82, 2.24) is 4.90 Å². The predicted octanol–water partition coefficient (Wildman–Crippen LogP) is 3.15. The molecule has 19 heavy (non-hydrogen) atoms. The van der Waals surface area contributed by atoms with Crippen LogP contribution in [0.3, 0.4) is 0 Å². The Morgan fingerprint density at radius 3 is 2.58 bits per heavy atom. The van der Waals surface area contributed by atoms with Gasteiger partial charge in [-0.05, 0) is 56.7 Å². The van der Waals surface area contributed by atoms with Crippen molar-refractivity contribution in [2.45, 2.75) is 46.6 Å². The molecule has 1 saturated heterocycles. The van der Waals surface area contributed by atoms with Crippen molar-refractivity contribution in [3.63, 3.8) is 0 Å². The third kappa shape index (κ3) is 2.75. The normalized spacial score (nSPS) is 23.5. The van der Waals surface area contributed by atoms with Gasteiger partial charge in [-0.1, -0.05) is 13.0 Å².